The number of hydrogen-bond acceptors (Lipinski definition) is 7. The Morgan fingerprint density at radius 1 is 1.28 bits per heavy atom. The van der Waals surface area contributed by atoms with Gasteiger partial charge in [0.05, 0.1) is 22.1 Å². The average Bonchev–Trinajstić information content (AvgIpc) is 3.23. The van der Waals surface area contributed by atoms with Crippen LogP contribution in [0.4, 0.5) is 0 Å². The molecule has 0 aliphatic carbocycles. The van der Waals surface area contributed by atoms with E-state index in [0.717, 1.165) is 4.88 Å². The van der Waals surface area contributed by atoms with Crippen LogP contribution in [0.5, 0.6) is 0 Å². The number of esters is 1. The van der Waals surface area contributed by atoms with E-state index in [9.17, 15) is 13.2 Å². The number of hydrogen-bond donors (Lipinski definition) is 1. The molecule has 0 fully saturated rings. The Labute approximate surface area is 147 Å². The molecule has 130 valence electrons. The summed E-state index contributed by atoms with van der Waals surface area (Å²) in [4.78, 5) is 12.9. The van der Waals surface area contributed by atoms with Crippen molar-refractivity contribution in [2.75, 3.05) is 6.61 Å². The first-order valence-electron chi connectivity index (χ1n) is 7.21. The van der Waals surface area contributed by atoms with Gasteiger partial charge in [0, 0.05) is 0 Å². The van der Waals surface area contributed by atoms with Gasteiger partial charge in [0.15, 0.2) is 5.69 Å². The first-order chi connectivity index (χ1) is 11.9. The smallest absolute Gasteiger partial charge is 0.361 e. The number of rotatable bonds is 5. The van der Waals surface area contributed by atoms with Gasteiger partial charge in [-0.25, -0.2) is 23.0 Å². The molecule has 8 nitrogen and oxygen atoms in total. The molecule has 0 bridgehead atoms. The van der Waals surface area contributed by atoms with Crippen LogP contribution >= 0.6 is 11.3 Å². The molecule has 0 aliphatic rings. The van der Waals surface area contributed by atoms with Gasteiger partial charge in [-0.1, -0.05) is 11.3 Å². The zero-order valence-electron chi connectivity index (χ0n) is 13.1. The van der Waals surface area contributed by atoms with Crippen molar-refractivity contribution in [1.82, 2.24) is 15.0 Å². The lowest BCUT2D eigenvalue weighted by molar-refractivity contribution is 0.0520. The van der Waals surface area contributed by atoms with E-state index in [1.165, 1.54) is 28.2 Å². The highest BCUT2D eigenvalue weighted by Gasteiger charge is 2.24. The number of benzene rings is 1. The highest BCUT2D eigenvalue weighted by atomic mass is 32.2. The van der Waals surface area contributed by atoms with Gasteiger partial charge in [0.25, 0.3) is 0 Å². The molecule has 3 rings (SSSR count). The normalized spacial score (nSPS) is 11.4. The van der Waals surface area contributed by atoms with Crippen LogP contribution in [0.15, 0.2) is 46.7 Å². The zero-order chi connectivity index (χ0) is 18.0. The van der Waals surface area contributed by atoms with E-state index in [1.54, 1.807) is 19.1 Å². The Hall–Kier alpha value is -2.56. The summed E-state index contributed by atoms with van der Waals surface area (Å²) in [6.07, 6.45) is 0. The molecule has 0 amide bonds. The van der Waals surface area contributed by atoms with E-state index in [2.05, 4.69) is 10.3 Å². The lowest BCUT2D eigenvalue weighted by Crippen LogP contribution is -2.12. The van der Waals surface area contributed by atoms with Crippen LogP contribution in [0.1, 0.15) is 17.4 Å². The molecule has 2 N–H and O–H groups in total. The highest BCUT2D eigenvalue weighted by Crippen LogP contribution is 2.29. The number of ether oxygens (including phenoxy) is 1. The van der Waals surface area contributed by atoms with Crippen LogP contribution in [0.2, 0.25) is 0 Å². The van der Waals surface area contributed by atoms with E-state index in [1.807, 2.05) is 17.5 Å². The second-order valence-electron chi connectivity index (χ2n) is 4.94. The zero-order valence-corrected chi connectivity index (χ0v) is 14.8. The first-order valence-corrected chi connectivity index (χ1v) is 9.64. The third kappa shape index (κ3) is 3.45. The molecular weight excluding hydrogens is 364 g/mol. The lowest BCUT2D eigenvalue weighted by Gasteiger charge is -2.07. The standard InChI is InChI=1S/C15H14N4O4S2/c1-2-23-15(20)13-14(12-4-3-9-24-12)19(18-17-13)10-5-7-11(8-6-10)25(16,21)22/h3-9H,2H2,1H3,(H2,16,21,22). The van der Waals surface area contributed by atoms with Crippen molar-refractivity contribution < 1.29 is 17.9 Å². The van der Waals surface area contributed by atoms with Gasteiger partial charge in [0.2, 0.25) is 10.0 Å². The van der Waals surface area contributed by atoms with Crippen molar-refractivity contribution >= 4 is 27.3 Å². The van der Waals surface area contributed by atoms with Crippen molar-refractivity contribution in [3.05, 3.63) is 47.5 Å². The number of primary sulfonamides is 1. The maximum atomic E-state index is 12.2. The molecule has 0 radical (unpaired) electrons. The molecule has 25 heavy (non-hydrogen) atoms. The fourth-order valence-electron chi connectivity index (χ4n) is 2.21. The highest BCUT2D eigenvalue weighted by molar-refractivity contribution is 7.89. The quantitative estimate of drug-likeness (QED) is 0.677. The lowest BCUT2D eigenvalue weighted by atomic mass is 10.2. The second kappa shape index (κ2) is 6.75. The summed E-state index contributed by atoms with van der Waals surface area (Å²) in [6, 6.07) is 9.50. The second-order valence-corrected chi connectivity index (χ2v) is 7.44. The van der Waals surface area contributed by atoms with Crippen LogP contribution in [0, 0.1) is 0 Å². The first kappa shape index (κ1) is 17.3. The summed E-state index contributed by atoms with van der Waals surface area (Å²) in [5, 5.41) is 14.9. The van der Waals surface area contributed by atoms with E-state index < -0.39 is 16.0 Å². The van der Waals surface area contributed by atoms with Gasteiger partial charge in [-0.05, 0) is 42.6 Å². The fourth-order valence-corrected chi connectivity index (χ4v) is 3.48. The number of thiophene rings is 1. The molecule has 2 heterocycles. The van der Waals surface area contributed by atoms with Gasteiger partial charge >= 0.3 is 5.97 Å². The Morgan fingerprint density at radius 3 is 2.56 bits per heavy atom. The Balaban J connectivity index is 2.12. The molecule has 0 saturated heterocycles. The van der Waals surface area contributed by atoms with Crippen LogP contribution in [0.3, 0.4) is 0 Å². The molecule has 2 aromatic heterocycles. The molecule has 0 unspecified atom stereocenters. The van der Waals surface area contributed by atoms with Crippen LogP contribution in [0.25, 0.3) is 16.3 Å². The summed E-state index contributed by atoms with van der Waals surface area (Å²) in [6.45, 7) is 1.93. The molecule has 10 heteroatoms. The van der Waals surface area contributed by atoms with E-state index in [-0.39, 0.29) is 17.2 Å². The maximum Gasteiger partial charge on any atom is 0.361 e. The largest absolute Gasteiger partial charge is 0.461 e. The summed E-state index contributed by atoms with van der Waals surface area (Å²) in [5.74, 6) is -0.571. The summed E-state index contributed by atoms with van der Waals surface area (Å²) < 4.78 is 29.3. The summed E-state index contributed by atoms with van der Waals surface area (Å²) >= 11 is 1.42. The van der Waals surface area contributed by atoms with Crippen molar-refractivity contribution in [2.45, 2.75) is 11.8 Å². The minimum absolute atomic E-state index is 0.0142. The minimum atomic E-state index is -3.79. The number of nitrogens with zero attached hydrogens (tertiary/aromatic N) is 3. The maximum absolute atomic E-state index is 12.2. The molecule has 0 aliphatic heterocycles. The van der Waals surface area contributed by atoms with Gasteiger partial charge < -0.3 is 4.74 Å². The van der Waals surface area contributed by atoms with Crippen molar-refractivity contribution in [3.63, 3.8) is 0 Å². The van der Waals surface area contributed by atoms with Gasteiger partial charge in [-0.15, -0.1) is 16.4 Å². The predicted molar refractivity (Wildman–Crippen MR) is 92.0 cm³/mol. The Bertz CT molecular complexity index is 993. The summed E-state index contributed by atoms with van der Waals surface area (Å²) in [7, 11) is -3.79. The number of sulfonamides is 1. The third-order valence-electron chi connectivity index (χ3n) is 3.30. The van der Waals surface area contributed by atoms with Gasteiger partial charge in [0.1, 0.15) is 5.69 Å². The van der Waals surface area contributed by atoms with Gasteiger partial charge in [-0.2, -0.15) is 0 Å². The van der Waals surface area contributed by atoms with Crippen molar-refractivity contribution in [2.24, 2.45) is 5.14 Å². The van der Waals surface area contributed by atoms with Crippen molar-refractivity contribution in [3.8, 4) is 16.3 Å². The molecule has 0 spiro atoms. The number of carbonyl (C=O) groups excluding carboxylic acids is 1. The fraction of sp³-hybridized carbons (Fsp3) is 0.133. The number of aromatic nitrogens is 3. The summed E-state index contributed by atoms with van der Waals surface area (Å²) in [5.41, 5.74) is 1.12. The monoisotopic (exact) mass is 378 g/mol. The predicted octanol–water partition coefficient (Wildman–Crippen LogP) is 1.82. The molecule has 0 atom stereocenters. The SMILES string of the molecule is CCOC(=O)c1nnn(-c2ccc(S(N)(=O)=O)cc2)c1-c1cccs1. The van der Waals surface area contributed by atoms with Gasteiger partial charge in [-0.3, -0.25) is 0 Å². The topological polar surface area (TPSA) is 117 Å². The Morgan fingerprint density at radius 2 is 2.00 bits per heavy atom. The third-order valence-corrected chi connectivity index (χ3v) is 5.11. The Kier molecular flexibility index (Phi) is 4.66. The average molecular weight is 378 g/mol. The molecule has 0 saturated carbocycles. The minimum Gasteiger partial charge on any atom is -0.461 e. The van der Waals surface area contributed by atoms with E-state index in [4.69, 9.17) is 9.88 Å². The number of nitrogens with two attached hydrogens (primary N) is 1. The van der Waals surface area contributed by atoms with Crippen LogP contribution in [-0.4, -0.2) is 36.0 Å². The van der Waals surface area contributed by atoms with E-state index >= 15 is 0 Å². The molecule has 3 aromatic rings. The van der Waals surface area contributed by atoms with Crippen LogP contribution in [-0.2, 0) is 14.8 Å². The molecule has 1 aromatic carbocycles. The van der Waals surface area contributed by atoms with E-state index in [0.29, 0.717) is 11.4 Å². The van der Waals surface area contributed by atoms with Crippen molar-refractivity contribution in [1.29, 1.82) is 0 Å². The van der Waals surface area contributed by atoms with Crippen LogP contribution < -0.4 is 5.14 Å². The molecular formula is C15H14N4O4S2. The number of carbonyl (C=O) groups is 1.